The summed E-state index contributed by atoms with van der Waals surface area (Å²) in [4.78, 5) is 42.1. The molecule has 0 unspecified atom stereocenters. The third kappa shape index (κ3) is 6.50. The first-order valence-electron chi connectivity index (χ1n) is 12.9. The average Bonchev–Trinajstić information content (AvgIpc) is 3.43. The van der Waals surface area contributed by atoms with Crippen molar-refractivity contribution in [2.75, 3.05) is 24.6 Å². The topological polar surface area (TPSA) is 66.9 Å². The fourth-order valence-electron chi connectivity index (χ4n) is 5.19. The second kappa shape index (κ2) is 12.0. The number of carbonyl (C=O) groups is 3. The number of piperidine rings is 1. The third-order valence-corrected chi connectivity index (χ3v) is 7.15. The molecule has 0 radical (unpaired) electrons. The van der Waals surface area contributed by atoms with Crippen molar-refractivity contribution in [1.82, 2.24) is 4.90 Å². The van der Waals surface area contributed by atoms with E-state index in [9.17, 15) is 14.4 Å². The lowest BCUT2D eigenvalue weighted by atomic mass is 9.97. The van der Waals surface area contributed by atoms with Gasteiger partial charge >= 0.3 is 5.97 Å². The molecular formula is C29H36N2O4. The standard InChI is InChI=1S/C29H36N2O4/c1-2-35-29(34)25-13-8-18-30(21-25)27(32)19-22-14-16-26(17-15-22)31(20-23-9-4-3-5-10-23)28(33)24-11-6-7-12-24/h3-5,9-10,14-17,24-25H,2,6-8,11-13,18-21H2,1H3/t25-/m0/s1. The van der Waals surface area contributed by atoms with Gasteiger partial charge in [-0.1, -0.05) is 55.3 Å². The normalized spacial score (nSPS) is 18.3. The molecule has 1 atom stereocenters. The number of benzene rings is 2. The minimum Gasteiger partial charge on any atom is -0.466 e. The van der Waals surface area contributed by atoms with Crippen LogP contribution >= 0.6 is 0 Å². The Labute approximate surface area is 208 Å². The maximum Gasteiger partial charge on any atom is 0.310 e. The smallest absolute Gasteiger partial charge is 0.310 e. The fourth-order valence-corrected chi connectivity index (χ4v) is 5.19. The summed E-state index contributed by atoms with van der Waals surface area (Å²) in [6, 6.07) is 17.9. The minimum absolute atomic E-state index is 0.0231. The minimum atomic E-state index is -0.233. The van der Waals surface area contributed by atoms with Gasteiger partial charge in [0.25, 0.3) is 0 Å². The van der Waals surface area contributed by atoms with Gasteiger partial charge in [0.05, 0.1) is 25.5 Å². The van der Waals surface area contributed by atoms with Gasteiger partial charge in [0.1, 0.15) is 0 Å². The second-order valence-electron chi connectivity index (χ2n) is 9.67. The van der Waals surface area contributed by atoms with E-state index in [2.05, 4.69) is 0 Å². The van der Waals surface area contributed by atoms with Gasteiger partial charge in [-0.3, -0.25) is 14.4 Å². The summed E-state index contributed by atoms with van der Waals surface area (Å²) in [6.45, 7) is 3.80. The summed E-state index contributed by atoms with van der Waals surface area (Å²) < 4.78 is 5.15. The molecule has 35 heavy (non-hydrogen) atoms. The van der Waals surface area contributed by atoms with E-state index >= 15 is 0 Å². The van der Waals surface area contributed by atoms with Gasteiger partial charge in [-0.05, 0) is 55.9 Å². The molecule has 2 fully saturated rings. The Morgan fingerprint density at radius 1 is 0.886 bits per heavy atom. The fraction of sp³-hybridized carbons (Fsp3) is 0.483. The number of esters is 1. The number of hydrogen-bond donors (Lipinski definition) is 0. The molecule has 6 heteroatoms. The van der Waals surface area contributed by atoms with Crippen molar-refractivity contribution >= 4 is 23.5 Å². The summed E-state index contributed by atoms with van der Waals surface area (Å²) in [5.41, 5.74) is 2.87. The van der Waals surface area contributed by atoms with Crippen molar-refractivity contribution in [3.8, 4) is 0 Å². The van der Waals surface area contributed by atoms with Gasteiger partial charge in [0.15, 0.2) is 0 Å². The number of carbonyl (C=O) groups excluding carboxylic acids is 3. The zero-order valence-corrected chi connectivity index (χ0v) is 20.7. The Morgan fingerprint density at radius 2 is 1.57 bits per heavy atom. The van der Waals surface area contributed by atoms with Crippen LogP contribution in [0.25, 0.3) is 0 Å². The number of hydrogen-bond acceptors (Lipinski definition) is 4. The van der Waals surface area contributed by atoms with Crippen molar-refractivity contribution in [3.05, 3.63) is 65.7 Å². The number of likely N-dealkylation sites (tertiary alicyclic amines) is 1. The van der Waals surface area contributed by atoms with E-state index in [-0.39, 0.29) is 36.0 Å². The van der Waals surface area contributed by atoms with Gasteiger partial charge in [0.2, 0.25) is 11.8 Å². The van der Waals surface area contributed by atoms with Crippen LogP contribution in [0.5, 0.6) is 0 Å². The second-order valence-corrected chi connectivity index (χ2v) is 9.67. The van der Waals surface area contributed by atoms with E-state index in [1.807, 2.05) is 59.5 Å². The van der Waals surface area contributed by atoms with Crippen LogP contribution in [0.2, 0.25) is 0 Å². The Bertz CT molecular complexity index is 999. The number of ether oxygens (including phenoxy) is 1. The van der Waals surface area contributed by atoms with Crippen LogP contribution in [-0.2, 0) is 32.1 Å². The highest BCUT2D eigenvalue weighted by Crippen LogP contribution is 2.30. The average molecular weight is 477 g/mol. The molecule has 0 N–H and O–H groups in total. The monoisotopic (exact) mass is 476 g/mol. The third-order valence-electron chi connectivity index (χ3n) is 7.15. The first-order chi connectivity index (χ1) is 17.0. The van der Waals surface area contributed by atoms with Gasteiger partial charge in [-0.15, -0.1) is 0 Å². The largest absolute Gasteiger partial charge is 0.466 e. The Morgan fingerprint density at radius 3 is 2.26 bits per heavy atom. The lowest BCUT2D eigenvalue weighted by Gasteiger charge is -2.31. The van der Waals surface area contributed by atoms with Crippen molar-refractivity contribution in [2.45, 2.75) is 58.4 Å². The molecule has 2 aliphatic rings. The predicted octanol–water partition coefficient (Wildman–Crippen LogP) is 4.75. The number of anilines is 1. The zero-order chi connectivity index (χ0) is 24.6. The molecule has 1 saturated heterocycles. The number of nitrogens with zero attached hydrogens (tertiary/aromatic N) is 2. The SMILES string of the molecule is CCOC(=O)[C@H]1CCCN(C(=O)Cc2ccc(N(Cc3ccccc3)C(=O)C3CCCC3)cc2)C1. The van der Waals surface area contributed by atoms with Crippen LogP contribution in [0.1, 0.15) is 56.6 Å². The summed E-state index contributed by atoms with van der Waals surface area (Å²) in [5.74, 6) is -0.141. The summed E-state index contributed by atoms with van der Waals surface area (Å²) in [5, 5.41) is 0. The van der Waals surface area contributed by atoms with E-state index in [0.717, 1.165) is 55.3 Å². The van der Waals surface area contributed by atoms with E-state index in [4.69, 9.17) is 4.74 Å². The van der Waals surface area contributed by atoms with Crippen LogP contribution in [-0.4, -0.2) is 42.4 Å². The number of amides is 2. The van der Waals surface area contributed by atoms with Crippen molar-refractivity contribution in [3.63, 3.8) is 0 Å². The molecule has 0 aromatic heterocycles. The van der Waals surface area contributed by atoms with Crippen molar-refractivity contribution in [2.24, 2.45) is 11.8 Å². The summed E-state index contributed by atoms with van der Waals surface area (Å²) in [7, 11) is 0. The molecule has 1 aliphatic carbocycles. The Hall–Kier alpha value is -3.15. The van der Waals surface area contributed by atoms with Gasteiger partial charge < -0.3 is 14.5 Å². The molecule has 1 aliphatic heterocycles. The van der Waals surface area contributed by atoms with Crippen molar-refractivity contribution < 1.29 is 19.1 Å². The summed E-state index contributed by atoms with van der Waals surface area (Å²) >= 11 is 0. The molecule has 0 bridgehead atoms. The molecule has 4 rings (SSSR count). The maximum atomic E-state index is 13.4. The zero-order valence-electron chi connectivity index (χ0n) is 20.7. The van der Waals surface area contributed by atoms with Crippen LogP contribution in [0.15, 0.2) is 54.6 Å². The quantitative estimate of drug-likeness (QED) is 0.516. The highest BCUT2D eigenvalue weighted by atomic mass is 16.5. The lowest BCUT2D eigenvalue weighted by Crippen LogP contribution is -2.43. The van der Waals surface area contributed by atoms with E-state index in [1.165, 1.54) is 0 Å². The van der Waals surface area contributed by atoms with Gasteiger partial charge in [0, 0.05) is 24.7 Å². The molecule has 2 aromatic carbocycles. The molecular weight excluding hydrogens is 440 g/mol. The highest BCUT2D eigenvalue weighted by Gasteiger charge is 2.30. The molecule has 186 valence electrons. The van der Waals surface area contributed by atoms with Crippen LogP contribution in [0, 0.1) is 11.8 Å². The molecule has 2 aromatic rings. The Balaban J connectivity index is 1.43. The van der Waals surface area contributed by atoms with E-state index in [0.29, 0.717) is 26.2 Å². The van der Waals surface area contributed by atoms with E-state index < -0.39 is 0 Å². The highest BCUT2D eigenvalue weighted by molar-refractivity contribution is 5.95. The lowest BCUT2D eigenvalue weighted by molar-refractivity contribution is -0.151. The molecule has 0 spiro atoms. The number of rotatable bonds is 8. The Kier molecular flexibility index (Phi) is 8.56. The van der Waals surface area contributed by atoms with Crippen LogP contribution in [0.4, 0.5) is 5.69 Å². The van der Waals surface area contributed by atoms with Crippen LogP contribution in [0.3, 0.4) is 0 Å². The van der Waals surface area contributed by atoms with Gasteiger partial charge in [-0.2, -0.15) is 0 Å². The molecule has 1 heterocycles. The van der Waals surface area contributed by atoms with Crippen molar-refractivity contribution in [1.29, 1.82) is 0 Å². The molecule has 2 amide bonds. The van der Waals surface area contributed by atoms with E-state index in [1.54, 1.807) is 11.8 Å². The molecule has 6 nitrogen and oxygen atoms in total. The van der Waals surface area contributed by atoms with Gasteiger partial charge in [-0.25, -0.2) is 0 Å². The van der Waals surface area contributed by atoms with Crippen LogP contribution < -0.4 is 4.90 Å². The maximum absolute atomic E-state index is 13.4. The first kappa shape index (κ1) is 25.0. The first-order valence-corrected chi connectivity index (χ1v) is 12.9. The summed E-state index contributed by atoms with van der Waals surface area (Å²) in [6.07, 6.45) is 6.01. The predicted molar refractivity (Wildman–Crippen MR) is 136 cm³/mol. The molecule has 1 saturated carbocycles.